The van der Waals surface area contributed by atoms with Gasteiger partial charge in [-0.25, -0.2) is 4.98 Å². The lowest BCUT2D eigenvalue weighted by molar-refractivity contribution is -0.119. The van der Waals surface area contributed by atoms with E-state index in [9.17, 15) is 9.59 Å². The third kappa shape index (κ3) is 4.44. The first-order chi connectivity index (χ1) is 13.5. The summed E-state index contributed by atoms with van der Waals surface area (Å²) in [5.41, 5.74) is 2.28. The lowest BCUT2D eigenvalue weighted by Gasteiger charge is -2.16. The standard InChI is InChI=1S/C22H25N3O2S/c1-4-9-16(3)23-20(26)14-28-22-24-18-12-7-6-11-17(18)21(27)25(22)19-13-8-5-10-15(19)2/h5-8,10-13,16H,4,9,14H2,1-3H3,(H,23,26)/t16-/m1/s1. The van der Waals surface area contributed by atoms with E-state index < -0.39 is 0 Å². The Morgan fingerprint density at radius 1 is 1.18 bits per heavy atom. The number of thioether (sulfide) groups is 1. The van der Waals surface area contributed by atoms with E-state index in [-0.39, 0.29) is 23.3 Å². The molecule has 3 aromatic rings. The van der Waals surface area contributed by atoms with E-state index >= 15 is 0 Å². The van der Waals surface area contributed by atoms with Gasteiger partial charge in [-0.2, -0.15) is 0 Å². The Hall–Kier alpha value is -2.60. The molecule has 0 unspecified atom stereocenters. The van der Waals surface area contributed by atoms with E-state index in [1.807, 2.05) is 56.3 Å². The molecule has 28 heavy (non-hydrogen) atoms. The van der Waals surface area contributed by atoms with Crippen molar-refractivity contribution in [3.05, 3.63) is 64.4 Å². The van der Waals surface area contributed by atoms with Crippen molar-refractivity contribution in [3.63, 3.8) is 0 Å². The van der Waals surface area contributed by atoms with Crippen LogP contribution in [-0.2, 0) is 4.79 Å². The molecule has 0 radical (unpaired) electrons. The highest BCUT2D eigenvalue weighted by molar-refractivity contribution is 7.99. The van der Waals surface area contributed by atoms with Crippen LogP contribution in [0, 0.1) is 6.92 Å². The van der Waals surface area contributed by atoms with E-state index in [2.05, 4.69) is 17.2 Å². The molecule has 6 heteroatoms. The Morgan fingerprint density at radius 2 is 1.89 bits per heavy atom. The van der Waals surface area contributed by atoms with Crippen LogP contribution in [0.5, 0.6) is 0 Å². The lowest BCUT2D eigenvalue weighted by atomic mass is 10.2. The van der Waals surface area contributed by atoms with Gasteiger partial charge in [-0.1, -0.05) is 55.4 Å². The number of benzene rings is 2. The fourth-order valence-electron chi connectivity index (χ4n) is 3.19. The second-order valence-corrected chi connectivity index (χ2v) is 7.83. The molecule has 0 fully saturated rings. The molecule has 5 nitrogen and oxygen atoms in total. The fourth-order valence-corrected chi connectivity index (χ4v) is 4.00. The maximum Gasteiger partial charge on any atom is 0.266 e. The molecule has 1 aromatic heterocycles. The predicted molar refractivity (Wildman–Crippen MR) is 115 cm³/mol. The number of hydrogen-bond acceptors (Lipinski definition) is 4. The highest BCUT2D eigenvalue weighted by Crippen LogP contribution is 2.23. The Morgan fingerprint density at radius 3 is 2.64 bits per heavy atom. The fraction of sp³-hybridized carbons (Fsp3) is 0.318. The first-order valence-corrected chi connectivity index (χ1v) is 10.5. The van der Waals surface area contributed by atoms with Crippen molar-refractivity contribution < 1.29 is 4.79 Å². The van der Waals surface area contributed by atoms with Gasteiger partial charge in [0, 0.05) is 6.04 Å². The number of aromatic nitrogens is 2. The molecule has 0 saturated carbocycles. The normalized spacial score (nSPS) is 12.1. The van der Waals surface area contributed by atoms with Crippen molar-refractivity contribution in [1.82, 2.24) is 14.9 Å². The smallest absolute Gasteiger partial charge is 0.266 e. The Bertz CT molecular complexity index is 1050. The number of amides is 1. The molecule has 0 saturated heterocycles. The molecule has 0 aliphatic heterocycles. The summed E-state index contributed by atoms with van der Waals surface area (Å²) >= 11 is 1.29. The van der Waals surface area contributed by atoms with Crippen molar-refractivity contribution in [2.45, 2.75) is 44.8 Å². The van der Waals surface area contributed by atoms with Crippen molar-refractivity contribution in [1.29, 1.82) is 0 Å². The van der Waals surface area contributed by atoms with Gasteiger partial charge >= 0.3 is 0 Å². The van der Waals surface area contributed by atoms with Gasteiger partial charge in [0.15, 0.2) is 5.16 Å². The highest BCUT2D eigenvalue weighted by atomic mass is 32.2. The monoisotopic (exact) mass is 395 g/mol. The van der Waals surface area contributed by atoms with Gasteiger partial charge in [0.1, 0.15) is 0 Å². The van der Waals surface area contributed by atoms with Crippen LogP contribution < -0.4 is 10.9 Å². The number of hydrogen-bond donors (Lipinski definition) is 1. The van der Waals surface area contributed by atoms with Crippen molar-refractivity contribution in [2.75, 3.05) is 5.75 Å². The summed E-state index contributed by atoms with van der Waals surface area (Å²) in [7, 11) is 0. The minimum absolute atomic E-state index is 0.0512. The van der Waals surface area contributed by atoms with Gasteiger partial charge in [-0.15, -0.1) is 0 Å². The molecule has 2 aromatic carbocycles. The molecule has 146 valence electrons. The predicted octanol–water partition coefficient (Wildman–Crippen LogP) is 4.09. The van der Waals surface area contributed by atoms with Crippen molar-refractivity contribution >= 4 is 28.6 Å². The summed E-state index contributed by atoms with van der Waals surface area (Å²) < 4.78 is 1.62. The Balaban J connectivity index is 1.99. The van der Waals surface area contributed by atoms with Gasteiger partial charge in [-0.05, 0) is 44.0 Å². The van der Waals surface area contributed by atoms with Gasteiger partial charge < -0.3 is 5.32 Å². The Labute approximate surface area is 169 Å². The molecule has 1 N–H and O–H groups in total. The number of carbonyl (C=O) groups is 1. The minimum atomic E-state index is -0.123. The minimum Gasteiger partial charge on any atom is -0.353 e. The molecule has 0 aliphatic rings. The number of para-hydroxylation sites is 2. The van der Waals surface area contributed by atoms with Crippen LogP contribution in [0.4, 0.5) is 0 Å². The Kier molecular flexibility index (Phi) is 6.52. The number of fused-ring (bicyclic) bond motifs is 1. The first-order valence-electron chi connectivity index (χ1n) is 9.51. The number of carbonyl (C=O) groups excluding carboxylic acids is 1. The van der Waals surface area contributed by atoms with Gasteiger partial charge in [0.25, 0.3) is 5.56 Å². The van der Waals surface area contributed by atoms with Crippen molar-refractivity contribution in [2.24, 2.45) is 0 Å². The van der Waals surface area contributed by atoms with Crippen LogP contribution in [0.25, 0.3) is 16.6 Å². The van der Waals surface area contributed by atoms with Crippen LogP contribution >= 0.6 is 11.8 Å². The average Bonchev–Trinajstić information content (AvgIpc) is 2.67. The molecule has 1 heterocycles. The van der Waals surface area contributed by atoms with E-state index in [4.69, 9.17) is 0 Å². The van der Waals surface area contributed by atoms with E-state index in [1.54, 1.807) is 10.6 Å². The number of rotatable bonds is 7. The maximum absolute atomic E-state index is 13.2. The molecule has 0 aliphatic carbocycles. The molecule has 0 bridgehead atoms. The van der Waals surface area contributed by atoms with E-state index in [0.29, 0.717) is 16.1 Å². The highest BCUT2D eigenvalue weighted by Gasteiger charge is 2.16. The topological polar surface area (TPSA) is 64.0 Å². The summed E-state index contributed by atoms with van der Waals surface area (Å²) in [6.07, 6.45) is 1.96. The number of nitrogens with zero attached hydrogens (tertiary/aromatic N) is 2. The quantitative estimate of drug-likeness (QED) is 0.483. The van der Waals surface area contributed by atoms with Crippen LogP contribution in [0.2, 0.25) is 0 Å². The van der Waals surface area contributed by atoms with E-state index in [1.165, 1.54) is 11.8 Å². The zero-order valence-corrected chi connectivity index (χ0v) is 17.3. The molecule has 1 atom stereocenters. The molecule has 3 rings (SSSR count). The second kappa shape index (κ2) is 9.06. The van der Waals surface area contributed by atoms with Crippen LogP contribution in [-0.4, -0.2) is 27.3 Å². The summed E-state index contributed by atoms with van der Waals surface area (Å²) in [5, 5.41) is 4.09. The summed E-state index contributed by atoms with van der Waals surface area (Å²) in [6.45, 7) is 6.06. The molecular weight excluding hydrogens is 370 g/mol. The largest absolute Gasteiger partial charge is 0.353 e. The van der Waals surface area contributed by atoms with Crippen molar-refractivity contribution in [3.8, 4) is 5.69 Å². The summed E-state index contributed by atoms with van der Waals surface area (Å²) in [6, 6.07) is 15.2. The van der Waals surface area contributed by atoms with Crippen LogP contribution in [0.1, 0.15) is 32.3 Å². The zero-order valence-electron chi connectivity index (χ0n) is 16.4. The molecular formula is C22H25N3O2S. The van der Waals surface area contributed by atoms with E-state index in [0.717, 1.165) is 24.1 Å². The zero-order chi connectivity index (χ0) is 20.1. The SMILES string of the molecule is CCC[C@@H](C)NC(=O)CSc1nc2ccccc2c(=O)n1-c1ccccc1C. The third-order valence-electron chi connectivity index (χ3n) is 4.56. The lowest BCUT2D eigenvalue weighted by Crippen LogP contribution is -2.34. The van der Waals surface area contributed by atoms with Crippen LogP contribution in [0.15, 0.2) is 58.5 Å². The number of aryl methyl sites for hydroxylation is 1. The second-order valence-electron chi connectivity index (χ2n) is 6.88. The maximum atomic E-state index is 13.2. The third-order valence-corrected chi connectivity index (χ3v) is 5.50. The molecule has 1 amide bonds. The summed E-state index contributed by atoms with van der Waals surface area (Å²) in [4.78, 5) is 30.2. The molecule has 0 spiro atoms. The number of nitrogens with one attached hydrogen (secondary N) is 1. The van der Waals surface area contributed by atoms with Gasteiger partial charge in [0.05, 0.1) is 22.3 Å². The summed E-state index contributed by atoms with van der Waals surface area (Å²) in [5.74, 6) is 0.162. The van der Waals surface area contributed by atoms with Crippen LogP contribution in [0.3, 0.4) is 0 Å². The first kappa shape index (κ1) is 20.1. The average molecular weight is 396 g/mol. The van der Waals surface area contributed by atoms with Gasteiger partial charge in [-0.3, -0.25) is 14.2 Å². The van der Waals surface area contributed by atoms with Gasteiger partial charge in [0.2, 0.25) is 5.91 Å².